The molecule has 0 bridgehead atoms. The Morgan fingerprint density at radius 1 is 1.44 bits per heavy atom. The van der Waals surface area contributed by atoms with E-state index in [0.29, 0.717) is 13.1 Å². The van der Waals surface area contributed by atoms with Gasteiger partial charge in [-0.15, -0.1) is 0 Å². The summed E-state index contributed by atoms with van der Waals surface area (Å²) >= 11 is 5.73. The summed E-state index contributed by atoms with van der Waals surface area (Å²) in [5.74, 6) is -1.02. The first-order valence-electron chi connectivity index (χ1n) is 5.37. The van der Waals surface area contributed by atoms with Crippen LogP contribution < -0.4 is 5.32 Å². The van der Waals surface area contributed by atoms with Crippen LogP contribution in [0.2, 0.25) is 5.15 Å². The highest BCUT2D eigenvalue weighted by molar-refractivity contribution is 6.32. The number of carbonyl (C=O) groups excluding carboxylic acids is 1. The zero-order chi connectivity index (χ0) is 13.0. The fourth-order valence-corrected chi connectivity index (χ4v) is 1.68. The maximum atomic E-state index is 12.9. The molecule has 18 heavy (non-hydrogen) atoms. The Morgan fingerprint density at radius 3 is 2.89 bits per heavy atom. The first-order valence-corrected chi connectivity index (χ1v) is 5.74. The van der Waals surface area contributed by atoms with Crippen LogP contribution in [0.3, 0.4) is 0 Å². The molecule has 1 N–H and O–H groups in total. The largest absolute Gasteiger partial charge is 0.353 e. The summed E-state index contributed by atoms with van der Waals surface area (Å²) < 4.78 is 14.9. The third-order valence-electron chi connectivity index (χ3n) is 2.37. The number of amides is 1. The van der Waals surface area contributed by atoms with E-state index in [4.69, 9.17) is 11.6 Å². The van der Waals surface area contributed by atoms with Gasteiger partial charge in [0.1, 0.15) is 11.0 Å². The number of pyridine rings is 1. The van der Waals surface area contributed by atoms with Crippen LogP contribution in [0.5, 0.6) is 0 Å². The third kappa shape index (κ3) is 3.07. The van der Waals surface area contributed by atoms with Crippen molar-refractivity contribution in [2.24, 2.45) is 0 Å². The summed E-state index contributed by atoms with van der Waals surface area (Å²) in [5, 5.41) is 2.65. The average Bonchev–Trinajstić information content (AvgIpc) is 2.85. The summed E-state index contributed by atoms with van der Waals surface area (Å²) in [4.78, 5) is 15.3. The van der Waals surface area contributed by atoms with E-state index in [1.807, 2.05) is 29.1 Å². The SMILES string of the molecule is O=C(NCCn1cccc1)c1cc(F)cnc1Cl. The van der Waals surface area contributed by atoms with Crippen molar-refractivity contribution in [3.8, 4) is 0 Å². The summed E-state index contributed by atoms with van der Waals surface area (Å²) in [5.41, 5.74) is 0.0455. The second-order valence-corrected chi connectivity index (χ2v) is 4.03. The van der Waals surface area contributed by atoms with Crippen LogP contribution >= 0.6 is 11.6 Å². The van der Waals surface area contributed by atoms with Crippen molar-refractivity contribution in [1.82, 2.24) is 14.9 Å². The molecule has 2 heterocycles. The quantitative estimate of drug-likeness (QED) is 0.863. The maximum absolute atomic E-state index is 12.9. The minimum Gasteiger partial charge on any atom is -0.353 e. The number of carbonyl (C=O) groups is 1. The summed E-state index contributed by atoms with van der Waals surface area (Å²) in [6.45, 7) is 1.07. The molecule has 4 nitrogen and oxygen atoms in total. The van der Waals surface area contributed by atoms with Gasteiger partial charge in [-0.3, -0.25) is 4.79 Å². The van der Waals surface area contributed by atoms with E-state index >= 15 is 0 Å². The van der Waals surface area contributed by atoms with Gasteiger partial charge in [0.15, 0.2) is 0 Å². The lowest BCUT2D eigenvalue weighted by atomic mass is 10.2. The molecule has 0 aromatic carbocycles. The molecule has 2 rings (SSSR count). The van der Waals surface area contributed by atoms with Gasteiger partial charge in [0.25, 0.3) is 5.91 Å². The molecule has 0 spiro atoms. The van der Waals surface area contributed by atoms with Gasteiger partial charge < -0.3 is 9.88 Å². The predicted octanol–water partition coefficient (Wildman–Crippen LogP) is 2.11. The van der Waals surface area contributed by atoms with Gasteiger partial charge >= 0.3 is 0 Å². The molecule has 0 fully saturated rings. The smallest absolute Gasteiger partial charge is 0.254 e. The minimum atomic E-state index is -0.588. The van der Waals surface area contributed by atoms with E-state index in [9.17, 15) is 9.18 Å². The van der Waals surface area contributed by atoms with Gasteiger partial charge in [-0.2, -0.15) is 0 Å². The second kappa shape index (κ2) is 5.64. The van der Waals surface area contributed by atoms with Crippen LogP contribution in [0.15, 0.2) is 36.8 Å². The van der Waals surface area contributed by atoms with Gasteiger partial charge in [-0.25, -0.2) is 9.37 Å². The van der Waals surface area contributed by atoms with Gasteiger partial charge in [0.2, 0.25) is 0 Å². The van der Waals surface area contributed by atoms with E-state index in [0.717, 1.165) is 12.3 Å². The van der Waals surface area contributed by atoms with E-state index in [1.165, 1.54) is 0 Å². The number of aromatic nitrogens is 2. The molecular formula is C12H11ClFN3O. The number of nitrogens with one attached hydrogen (secondary N) is 1. The Balaban J connectivity index is 1.93. The molecule has 6 heteroatoms. The van der Waals surface area contributed by atoms with Crippen LogP contribution in [-0.2, 0) is 6.54 Å². The van der Waals surface area contributed by atoms with Crippen molar-refractivity contribution in [3.63, 3.8) is 0 Å². The number of halogens is 2. The van der Waals surface area contributed by atoms with Gasteiger partial charge in [-0.1, -0.05) is 11.6 Å². The Kier molecular flexibility index (Phi) is 3.94. The zero-order valence-electron chi connectivity index (χ0n) is 9.44. The number of hydrogen-bond acceptors (Lipinski definition) is 2. The zero-order valence-corrected chi connectivity index (χ0v) is 10.2. The second-order valence-electron chi connectivity index (χ2n) is 3.67. The standard InChI is InChI=1S/C12H11ClFN3O/c13-11-10(7-9(14)8-16-11)12(18)15-3-6-17-4-1-2-5-17/h1-2,4-5,7-8H,3,6H2,(H,15,18). The molecule has 2 aromatic rings. The highest BCUT2D eigenvalue weighted by atomic mass is 35.5. The fraction of sp³-hybridized carbons (Fsp3) is 0.167. The Hall–Kier alpha value is -1.88. The van der Waals surface area contributed by atoms with Crippen molar-refractivity contribution in [1.29, 1.82) is 0 Å². The Bertz CT molecular complexity index is 542. The average molecular weight is 268 g/mol. The van der Waals surface area contributed by atoms with Crippen molar-refractivity contribution >= 4 is 17.5 Å². The van der Waals surface area contributed by atoms with Crippen molar-refractivity contribution in [2.45, 2.75) is 6.54 Å². The lowest BCUT2D eigenvalue weighted by Gasteiger charge is -2.07. The molecular weight excluding hydrogens is 257 g/mol. The summed E-state index contributed by atoms with van der Waals surface area (Å²) in [6, 6.07) is 4.87. The van der Waals surface area contributed by atoms with Crippen molar-refractivity contribution < 1.29 is 9.18 Å². The van der Waals surface area contributed by atoms with Crippen molar-refractivity contribution in [3.05, 3.63) is 53.3 Å². The molecule has 0 radical (unpaired) electrons. The first-order chi connectivity index (χ1) is 8.66. The van der Waals surface area contributed by atoms with Crippen LogP contribution in [0, 0.1) is 5.82 Å². The van der Waals surface area contributed by atoms with Crippen LogP contribution in [0.4, 0.5) is 4.39 Å². The molecule has 0 unspecified atom stereocenters. The molecule has 0 atom stereocenters. The Morgan fingerprint density at radius 2 is 2.17 bits per heavy atom. The molecule has 0 saturated heterocycles. The van der Waals surface area contributed by atoms with Crippen LogP contribution in [-0.4, -0.2) is 22.0 Å². The molecule has 0 aliphatic heterocycles. The monoisotopic (exact) mass is 267 g/mol. The molecule has 94 valence electrons. The highest BCUT2D eigenvalue weighted by Crippen LogP contribution is 2.13. The van der Waals surface area contributed by atoms with Crippen molar-refractivity contribution in [2.75, 3.05) is 6.54 Å². The van der Waals surface area contributed by atoms with Crippen LogP contribution in [0.1, 0.15) is 10.4 Å². The van der Waals surface area contributed by atoms with Gasteiger partial charge in [-0.05, 0) is 18.2 Å². The lowest BCUT2D eigenvalue weighted by Crippen LogP contribution is -2.27. The predicted molar refractivity (Wildman–Crippen MR) is 66.0 cm³/mol. The number of nitrogens with zero attached hydrogens (tertiary/aromatic N) is 2. The topological polar surface area (TPSA) is 46.9 Å². The molecule has 0 saturated carbocycles. The number of hydrogen-bond donors (Lipinski definition) is 1. The van der Waals surface area contributed by atoms with E-state index in [2.05, 4.69) is 10.3 Å². The molecule has 1 amide bonds. The third-order valence-corrected chi connectivity index (χ3v) is 2.67. The fourth-order valence-electron chi connectivity index (χ4n) is 1.49. The first kappa shape index (κ1) is 12.6. The van der Waals surface area contributed by atoms with Crippen LogP contribution in [0.25, 0.3) is 0 Å². The highest BCUT2D eigenvalue weighted by Gasteiger charge is 2.11. The number of rotatable bonds is 4. The molecule has 0 aliphatic carbocycles. The Labute approximate surface area is 108 Å². The van der Waals surface area contributed by atoms with Gasteiger partial charge in [0.05, 0.1) is 11.8 Å². The summed E-state index contributed by atoms with van der Waals surface area (Å²) in [6.07, 6.45) is 4.75. The summed E-state index contributed by atoms with van der Waals surface area (Å²) in [7, 11) is 0. The van der Waals surface area contributed by atoms with E-state index < -0.39 is 11.7 Å². The molecule has 0 aliphatic rings. The van der Waals surface area contributed by atoms with E-state index in [-0.39, 0.29) is 10.7 Å². The van der Waals surface area contributed by atoms with Gasteiger partial charge in [0, 0.05) is 25.5 Å². The molecule has 2 aromatic heterocycles. The lowest BCUT2D eigenvalue weighted by molar-refractivity contribution is 0.0951. The maximum Gasteiger partial charge on any atom is 0.254 e. The minimum absolute atomic E-state index is 0.00476. The van der Waals surface area contributed by atoms with E-state index in [1.54, 1.807) is 0 Å². The normalized spacial score (nSPS) is 10.3.